The number of benzene rings is 1. The number of amides is 1. The summed E-state index contributed by atoms with van der Waals surface area (Å²) >= 11 is 0. The molecule has 3 N–H and O–H groups in total. The van der Waals surface area contributed by atoms with Crippen molar-refractivity contribution in [2.24, 2.45) is 5.73 Å². The molecule has 0 saturated heterocycles. The first kappa shape index (κ1) is 16.1. The molecule has 0 aliphatic rings. The van der Waals surface area contributed by atoms with Crippen molar-refractivity contribution in [2.45, 2.75) is 6.18 Å². The van der Waals surface area contributed by atoms with Crippen molar-refractivity contribution in [1.29, 1.82) is 0 Å². The van der Waals surface area contributed by atoms with Gasteiger partial charge in [0.05, 0.1) is 0 Å². The Morgan fingerprint density at radius 1 is 1.20 bits per heavy atom. The molecule has 0 bridgehead atoms. The molecule has 0 aromatic heterocycles. The van der Waals surface area contributed by atoms with Crippen molar-refractivity contribution in [1.82, 2.24) is 5.32 Å². The maximum absolute atomic E-state index is 12.1. The molecule has 1 amide bonds. The number of hydrogen-bond donors (Lipinski definition) is 2. The summed E-state index contributed by atoms with van der Waals surface area (Å²) in [4.78, 5) is 11.3. The quantitative estimate of drug-likeness (QED) is 0.789. The normalized spacial score (nSPS) is 11.0. The number of carbonyl (C=O) groups is 1. The van der Waals surface area contributed by atoms with E-state index in [-0.39, 0.29) is 24.7 Å². The topological polar surface area (TPSA) is 73.6 Å². The zero-order chi connectivity index (χ0) is 15.0. The van der Waals surface area contributed by atoms with E-state index in [9.17, 15) is 18.0 Å². The summed E-state index contributed by atoms with van der Waals surface area (Å²) in [5, 5.41) is 2.47. The number of rotatable bonds is 7. The van der Waals surface area contributed by atoms with E-state index in [0.717, 1.165) is 0 Å². The van der Waals surface area contributed by atoms with Crippen LogP contribution >= 0.6 is 0 Å². The molecule has 0 fully saturated rings. The number of halogens is 3. The summed E-state index contributed by atoms with van der Waals surface area (Å²) in [6.07, 6.45) is -4.44. The first-order valence-electron chi connectivity index (χ1n) is 5.80. The van der Waals surface area contributed by atoms with Gasteiger partial charge >= 0.3 is 6.18 Å². The van der Waals surface area contributed by atoms with E-state index >= 15 is 0 Å². The van der Waals surface area contributed by atoms with E-state index in [2.05, 4.69) is 10.1 Å². The van der Waals surface area contributed by atoms with Crippen LogP contribution in [-0.4, -0.2) is 38.4 Å². The van der Waals surface area contributed by atoms with Gasteiger partial charge in [-0.15, -0.1) is 0 Å². The Morgan fingerprint density at radius 2 is 1.80 bits per heavy atom. The lowest BCUT2D eigenvalue weighted by atomic mass is 10.3. The molecule has 20 heavy (non-hydrogen) atoms. The van der Waals surface area contributed by atoms with E-state index in [1.807, 2.05) is 0 Å². The van der Waals surface area contributed by atoms with Crippen molar-refractivity contribution < 1.29 is 27.4 Å². The van der Waals surface area contributed by atoms with Crippen LogP contribution in [0.15, 0.2) is 24.3 Å². The highest BCUT2D eigenvalue weighted by Gasteiger charge is 2.28. The molecule has 1 aromatic carbocycles. The van der Waals surface area contributed by atoms with Crippen LogP contribution in [0.2, 0.25) is 0 Å². The summed E-state index contributed by atoms with van der Waals surface area (Å²) in [5.74, 6) is -0.419. The van der Waals surface area contributed by atoms with Crippen LogP contribution in [0.25, 0.3) is 0 Å². The summed E-state index contributed by atoms with van der Waals surface area (Å²) in [6, 6.07) is 5.82. The SMILES string of the molecule is NCCNC(=O)COc1ccccc1OCC(F)(F)F. The molecule has 8 heteroatoms. The molecule has 0 spiro atoms. The Hall–Kier alpha value is -1.96. The summed E-state index contributed by atoms with van der Waals surface area (Å²) in [7, 11) is 0. The molecular weight excluding hydrogens is 277 g/mol. The fourth-order valence-electron chi connectivity index (χ4n) is 1.25. The van der Waals surface area contributed by atoms with E-state index in [0.29, 0.717) is 6.54 Å². The average molecular weight is 292 g/mol. The van der Waals surface area contributed by atoms with Crippen molar-refractivity contribution in [3.63, 3.8) is 0 Å². The van der Waals surface area contributed by atoms with Crippen LogP contribution in [0.5, 0.6) is 11.5 Å². The minimum Gasteiger partial charge on any atom is -0.480 e. The van der Waals surface area contributed by atoms with Gasteiger partial charge < -0.3 is 20.5 Å². The Morgan fingerprint density at radius 3 is 2.35 bits per heavy atom. The maximum Gasteiger partial charge on any atom is 0.422 e. The Bertz CT molecular complexity index is 438. The number of hydrogen-bond acceptors (Lipinski definition) is 4. The molecular formula is C12H15F3N2O3. The first-order chi connectivity index (χ1) is 9.42. The second kappa shape index (κ2) is 7.59. The predicted molar refractivity (Wildman–Crippen MR) is 65.6 cm³/mol. The van der Waals surface area contributed by atoms with Crippen molar-refractivity contribution >= 4 is 5.91 Å². The second-order valence-electron chi connectivity index (χ2n) is 3.78. The standard InChI is InChI=1S/C12H15F3N2O3/c13-12(14,15)8-20-10-4-2-1-3-9(10)19-7-11(18)17-6-5-16/h1-4H,5-8,16H2,(H,17,18). The Kier molecular flexibility index (Phi) is 6.10. The van der Waals surface area contributed by atoms with Crippen LogP contribution in [-0.2, 0) is 4.79 Å². The number of nitrogens with two attached hydrogens (primary N) is 1. The van der Waals surface area contributed by atoms with Gasteiger partial charge in [-0.1, -0.05) is 12.1 Å². The Balaban J connectivity index is 2.55. The number of nitrogens with one attached hydrogen (secondary N) is 1. The molecule has 1 rings (SSSR count). The summed E-state index contributed by atoms with van der Waals surface area (Å²) in [6.45, 7) is -1.16. The van der Waals surface area contributed by atoms with Gasteiger partial charge in [-0.2, -0.15) is 13.2 Å². The lowest BCUT2D eigenvalue weighted by Crippen LogP contribution is -2.33. The minimum atomic E-state index is -4.44. The van der Waals surface area contributed by atoms with Crippen molar-refractivity contribution in [3.05, 3.63) is 24.3 Å². The molecule has 112 valence electrons. The van der Waals surface area contributed by atoms with Crippen molar-refractivity contribution in [3.8, 4) is 11.5 Å². The predicted octanol–water partition coefficient (Wildman–Crippen LogP) is 1.08. The third kappa shape index (κ3) is 6.28. The fourth-order valence-corrected chi connectivity index (χ4v) is 1.25. The van der Waals surface area contributed by atoms with E-state index in [1.165, 1.54) is 18.2 Å². The van der Waals surface area contributed by atoms with E-state index in [1.54, 1.807) is 6.07 Å². The van der Waals surface area contributed by atoms with Gasteiger partial charge in [-0.25, -0.2) is 0 Å². The van der Waals surface area contributed by atoms with Crippen LogP contribution in [0.3, 0.4) is 0 Å². The fraction of sp³-hybridized carbons (Fsp3) is 0.417. The lowest BCUT2D eigenvalue weighted by molar-refractivity contribution is -0.153. The first-order valence-corrected chi connectivity index (χ1v) is 5.80. The number of alkyl halides is 3. The van der Waals surface area contributed by atoms with Crippen LogP contribution < -0.4 is 20.5 Å². The molecule has 0 saturated carbocycles. The zero-order valence-corrected chi connectivity index (χ0v) is 10.6. The minimum absolute atomic E-state index is 0.0691. The van der Waals surface area contributed by atoms with Gasteiger partial charge in [0.15, 0.2) is 24.7 Å². The zero-order valence-electron chi connectivity index (χ0n) is 10.6. The molecule has 0 radical (unpaired) electrons. The monoisotopic (exact) mass is 292 g/mol. The van der Waals surface area contributed by atoms with Gasteiger partial charge in [0, 0.05) is 13.1 Å². The largest absolute Gasteiger partial charge is 0.480 e. The molecule has 0 atom stereocenters. The second-order valence-corrected chi connectivity index (χ2v) is 3.78. The number of carbonyl (C=O) groups excluding carboxylic acids is 1. The van der Waals surface area contributed by atoms with Crippen molar-refractivity contribution in [2.75, 3.05) is 26.3 Å². The van der Waals surface area contributed by atoms with Gasteiger partial charge in [0.1, 0.15) is 0 Å². The van der Waals surface area contributed by atoms with Gasteiger partial charge in [-0.3, -0.25) is 4.79 Å². The third-order valence-electron chi connectivity index (χ3n) is 2.07. The molecule has 1 aromatic rings. The van der Waals surface area contributed by atoms with Crippen LogP contribution in [0, 0.1) is 0 Å². The summed E-state index contributed by atoms with van der Waals surface area (Å²) < 4.78 is 46.0. The van der Waals surface area contributed by atoms with E-state index < -0.39 is 18.7 Å². The Labute approximate surface area is 113 Å². The molecule has 0 aliphatic carbocycles. The highest BCUT2D eigenvalue weighted by molar-refractivity contribution is 5.77. The summed E-state index contributed by atoms with van der Waals surface area (Å²) in [5.41, 5.74) is 5.21. The number of para-hydroxylation sites is 2. The molecule has 0 unspecified atom stereocenters. The third-order valence-corrected chi connectivity index (χ3v) is 2.07. The molecule has 0 heterocycles. The molecule has 5 nitrogen and oxygen atoms in total. The van der Waals surface area contributed by atoms with Gasteiger partial charge in [0.2, 0.25) is 0 Å². The lowest BCUT2D eigenvalue weighted by Gasteiger charge is -2.13. The highest BCUT2D eigenvalue weighted by Crippen LogP contribution is 2.28. The average Bonchev–Trinajstić information content (AvgIpc) is 2.40. The highest BCUT2D eigenvalue weighted by atomic mass is 19.4. The smallest absolute Gasteiger partial charge is 0.422 e. The van der Waals surface area contributed by atoms with Crippen LogP contribution in [0.4, 0.5) is 13.2 Å². The van der Waals surface area contributed by atoms with Gasteiger partial charge in [-0.05, 0) is 12.1 Å². The number of ether oxygens (including phenoxy) is 2. The van der Waals surface area contributed by atoms with Gasteiger partial charge in [0.25, 0.3) is 5.91 Å². The molecule has 0 aliphatic heterocycles. The maximum atomic E-state index is 12.1. The van der Waals surface area contributed by atoms with Crippen LogP contribution in [0.1, 0.15) is 0 Å². The van der Waals surface area contributed by atoms with E-state index in [4.69, 9.17) is 10.5 Å².